The lowest BCUT2D eigenvalue weighted by atomic mass is 10.1. The molecule has 4 nitrogen and oxygen atoms in total. The third-order valence-corrected chi connectivity index (χ3v) is 2.31. The van der Waals surface area contributed by atoms with Crippen molar-refractivity contribution in [2.45, 2.75) is 26.3 Å². The Labute approximate surface area is 108 Å². The Balaban J connectivity index is 2.68. The molecule has 0 aliphatic carbocycles. The largest absolute Gasteiger partial charge is 0.365 e. The van der Waals surface area contributed by atoms with E-state index in [1.807, 2.05) is 44.9 Å². The van der Waals surface area contributed by atoms with Crippen molar-refractivity contribution in [2.75, 3.05) is 18.5 Å². The van der Waals surface area contributed by atoms with Gasteiger partial charge < -0.3 is 10.2 Å². The minimum absolute atomic E-state index is 0.0349. The van der Waals surface area contributed by atoms with Gasteiger partial charge in [0, 0.05) is 18.3 Å². The van der Waals surface area contributed by atoms with E-state index < -0.39 is 0 Å². The third kappa shape index (κ3) is 4.46. The van der Waals surface area contributed by atoms with Crippen LogP contribution in [0.3, 0.4) is 0 Å². The van der Waals surface area contributed by atoms with Crippen LogP contribution in [-0.2, 0) is 4.79 Å². The van der Waals surface area contributed by atoms with E-state index in [1.165, 1.54) is 0 Å². The fourth-order valence-corrected chi connectivity index (χ4v) is 1.58. The van der Waals surface area contributed by atoms with Crippen LogP contribution in [0.4, 0.5) is 5.69 Å². The van der Waals surface area contributed by atoms with Crippen LogP contribution in [0, 0.1) is 11.3 Å². The lowest BCUT2D eigenvalue weighted by molar-refractivity contribution is -0.121. The van der Waals surface area contributed by atoms with Gasteiger partial charge in [-0.15, -0.1) is 0 Å². The van der Waals surface area contributed by atoms with Crippen LogP contribution >= 0.6 is 0 Å². The normalized spacial score (nSPS) is 10.6. The number of hydrogen-bond acceptors (Lipinski definition) is 3. The molecular formula is C14H19N3O. The summed E-state index contributed by atoms with van der Waals surface area (Å²) in [4.78, 5) is 13.6. The molecule has 0 aromatic heterocycles. The molecular weight excluding hydrogens is 226 g/mol. The van der Waals surface area contributed by atoms with Gasteiger partial charge in [0.25, 0.3) is 0 Å². The van der Waals surface area contributed by atoms with Crippen molar-refractivity contribution in [1.82, 2.24) is 5.32 Å². The first-order chi connectivity index (χ1) is 8.31. The van der Waals surface area contributed by atoms with Gasteiger partial charge in [-0.2, -0.15) is 5.26 Å². The average molecular weight is 245 g/mol. The maximum absolute atomic E-state index is 11.8. The molecule has 0 aliphatic rings. The second-order valence-corrected chi connectivity index (χ2v) is 5.32. The van der Waals surface area contributed by atoms with Crippen LogP contribution in [0.15, 0.2) is 24.3 Å². The Bertz CT molecular complexity index is 469. The van der Waals surface area contributed by atoms with Crippen LogP contribution in [0.2, 0.25) is 0 Å². The molecule has 1 amide bonds. The standard InChI is InChI=1S/C14H19N3O/c1-14(2,3)16-13(18)10-17(4)12-7-5-6-11(8-12)9-15/h5-8H,10H2,1-4H3,(H,16,18). The van der Waals surface area contributed by atoms with Gasteiger partial charge in [0.05, 0.1) is 18.2 Å². The van der Waals surface area contributed by atoms with E-state index in [-0.39, 0.29) is 18.0 Å². The lowest BCUT2D eigenvalue weighted by Gasteiger charge is -2.24. The molecule has 1 N–H and O–H groups in total. The van der Waals surface area contributed by atoms with Gasteiger partial charge in [-0.3, -0.25) is 4.79 Å². The first-order valence-electron chi connectivity index (χ1n) is 5.84. The van der Waals surface area contributed by atoms with E-state index in [2.05, 4.69) is 11.4 Å². The summed E-state index contributed by atoms with van der Waals surface area (Å²) in [5, 5.41) is 11.7. The predicted molar refractivity (Wildman–Crippen MR) is 72.3 cm³/mol. The highest BCUT2D eigenvalue weighted by Crippen LogP contribution is 2.14. The second-order valence-electron chi connectivity index (χ2n) is 5.32. The van der Waals surface area contributed by atoms with Gasteiger partial charge >= 0.3 is 0 Å². The summed E-state index contributed by atoms with van der Waals surface area (Å²) in [5.41, 5.74) is 1.22. The lowest BCUT2D eigenvalue weighted by Crippen LogP contribution is -2.45. The number of nitrogens with one attached hydrogen (secondary N) is 1. The molecule has 0 saturated heterocycles. The van der Waals surface area contributed by atoms with E-state index in [4.69, 9.17) is 5.26 Å². The molecule has 0 atom stereocenters. The summed E-state index contributed by atoms with van der Waals surface area (Å²) >= 11 is 0. The number of carbonyl (C=O) groups excluding carboxylic acids is 1. The zero-order valence-corrected chi connectivity index (χ0v) is 11.3. The van der Waals surface area contributed by atoms with E-state index in [0.29, 0.717) is 5.56 Å². The molecule has 0 saturated carbocycles. The third-order valence-electron chi connectivity index (χ3n) is 2.31. The van der Waals surface area contributed by atoms with Crippen molar-refractivity contribution in [3.63, 3.8) is 0 Å². The Hall–Kier alpha value is -2.02. The minimum atomic E-state index is -0.230. The SMILES string of the molecule is CN(CC(=O)NC(C)(C)C)c1cccc(C#N)c1. The van der Waals surface area contributed by atoms with Crippen molar-refractivity contribution in [1.29, 1.82) is 5.26 Å². The number of amides is 1. The van der Waals surface area contributed by atoms with Crippen molar-refractivity contribution in [3.8, 4) is 6.07 Å². The summed E-state index contributed by atoms with van der Waals surface area (Å²) in [6.45, 7) is 6.11. The average Bonchev–Trinajstić information content (AvgIpc) is 2.26. The highest BCUT2D eigenvalue weighted by molar-refractivity contribution is 5.81. The Morgan fingerprint density at radius 2 is 2.11 bits per heavy atom. The molecule has 0 aliphatic heterocycles. The molecule has 0 unspecified atom stereocenters. The number of benzene rings is 1. The molecule has 0 radical (unpaired) electrons. The molecule has 1 rings (SSSR count). The van der Waals surface area contributed by atoms with Crippen LogP contribution in [0.1, 0.15) is 26.3 Å². The van der Waals surface area contributed by atoms with E-state index in [1.54, 1.807) is 12.1 Å². The van der Waals surface area contributed by atoms with Crippen molar-refractivity contribution < 1.29 is 4.79 Å². The number of nitrogens with zero attached hydrogens (tertiary/aromatic N) is 2. The maximum Gasteiger partial charge on any atom is 0.239 e. The van der Waals surface area contributed by atoms with Gasteiger partial charge in [-0.1, -0.05) is 6.07 Å². The zero-order chi connectivity index (χ0) is 13.8. The van der Waals surface area contributed by atoms with Gasteiger partial charge in [0.1, 0.15) is 0 Å². The first-order valence-corrected chi connectivity index (χ1v) is 5.84. The summed E-state index contributed by atoms with van der Waals surface area (Å²) < 4.78 is 0. The molecule has 18 heavy (non-hydrogen) atoms. The number of rotatable bonds is 3. The number of hydrogen-bond donors (Lipinski definition) is 1. The van der Waals surface area contributed by atoms with E-state index in [0.717, 1.165) is 5.69 Å². The number of anilines is 1. The van der Waals surface area contributed by atoms with E-state index >= 15 is 0 Å². The molecule has 0 spiro atoms. The summed E-state index contributed by atoms with van der Waals surface area (Å²) in [6, 6.07) is 9.29. The molecule has 1 aromatic carbocycles. The summed E-state index contributed by atoms with van der Waals surface area (Å²) in [6.07, 6.45) is 0. The van der Waals surface area contributed by atoms with Gasteiger partial charge in [0.2, 0.25) is 5.91 Å². The Kier molecular flexibility index (Phi) is 4.33. The molecule has 0 bridgehead atoms. The zero-order valence-electron chi connectivity index (χ0n) is 11.3. The molecule has 1 aromatic rings. The minimum Gasteiger partial charge on any atom is -0.365 e. The quantitative estimate of drug-likeness (QED) is 0.885. The monoisotopic (exact) mass is 245 g/mol. The maximum atomic E-state index is 11.8. The van der Waals surface area contributed by atoms with Crippen LogP contribution in [0.25, 0.3) is 0 Å². The van der Waals surface area contributed by atoms with Crippen molar-refractivity contribution in [2.24, 2.45) is 0 Å². The fourth-order valence-electron chi connectivity index (χ4n) is 1.58. The number of nitriles is 1. The van der Waals surface area contributed by atoms with E-state index in [9.17, 15) is 4.79 Å². The van der Waals surface area contributed by atoms with Crippen molar-refractivity contribution in [3.05, 3.63) is 29.8 Å². The summed E-state index contributed by atoms with van der Waals surface area (Å²) in [5.74, 6) is -0.0349. The molecule has 4 heteroatoms. The molecule has 0 fully saturated rings. The van der Waals surface area contributed by atoms with Crippen LogP contribution in [-0.4, -0.2) is 25.0 Å². The van der Waals surface area contributed by atoms with Gasteiger partial charge in [-0.25, -0.2) is 0 Å². The Morgan fingerprint density at radius 1 is 1.44 bits per heavy atom. The number of carbonyl (C=O) groups is 1. The Morgan fingerprint density at radius 3 is 2.67 bits per heavy atom. The van der Waals surface area contributed by atoms with Gasteiger partial charge in [-0.05, 0) is 39.0 Å². The topological polar surface area (TPSA) is 56.1 Å². The number of likely N-dealkylation sites (N-methyl/N-ethyl adjacent to an activating group) is 1. The summed E-state index contributed by atoms with van der Waals surface area (Å²) in [7, 11) is 1.83. The molecule has 96 valence electrons. The molecule has 0 heterocycles. The van der Waals surface area contributed by atoms with Gasteiger partial charge in [0.15, 0.2) is 0 Å². The van der Waals surface area contributed by atoms with Crippen LogP contribution < -0.4 is 10.2 Å². The fraction of sp³-hybridized carbons (Fsp3) is 0.429. The second kappa shape index (κ2) is 5.54. The highest BCUT2D eigenvalue weighted by Gasteiger charge is 2.15. The predicted octanol–water partition coefficient (Wildman–Crippen LogP) is 1.91. The van der Waals surface area contributed by atoms with Crippen LogP contribution in [0.5, 0.6) is 0 Å². The van der Waals surface area contributed by atoms with Crippen molar-refractivity contribution >= 4 is 11.6 Å². The highest BCUT2D eigenvalue weighted by atomic mass is 16.2. The smallest absolute Gasteiger partial charge is 0.239 e. The first kappa shape index (κ1) is 14.0.